The SMILES string of the molecule is N#Cc1ccc(-c2ccc(Sc3n[nH]nc3C(=O)OC(=O)C(F)(F)F)cc2)cc1. The van der Waals surface area contributed by atoms with E-state index >= 15 is 0 Å². The Kier molecular flexibility index (Phi) is 5.65. The third-order valence-electron chi connectivity index (χ3n) is 3.54. The molecule has 0 unspecified atom stereocenters. The number of rotatable bonds is 4. The van der Waals surface area contributed by atoms with E-state index in [9.17, 15) is 22.8 Å². The smallest absolute Gasteiger partial charge is 0.381 e. The summed E-state index contributed by atoms with van der Waals surface area (Å²) in [4.78, 5) is 23.2. The van der Waals surface area contributed by atoms with Crippen molar-refractivity contribution in [3.63, 3.8) is 0 Å². The highest BCUT2D eigenvalue weighted by molar-refractivity contribution is 7.99. The maximum atomic E-state index is 12.2. The van der Waals surface area contributed by atoms with Gasteiger partial charge < -0.3 is 4.74 Å². The van der Waals surface area contributed by atoms with Gasteiger partial charge in [-0.25, -0.2) is 9.59 Å². The minimum absolute atomic E-state index is 0.0453. The summed E-state index contributed by atoms with van der Waals surface area (Å²) in [5.74, 6) is -4.19. The van der Waals surface area contributed by atoms with E-state index in [1.165, 1.54) is 0 Å². The number of benzene rings is 2. The molecule has 0 saturated heterocycles. The molecule has 0 radical (unpaired) electrons. The minimum atomic E-state index is -5.30. The molecule has 0 aliphatic rings. The molecule has 1 heterocycles. The average Bonchev–Trinajstić information content (AvgIpc) is 3.16. The fraction of sp³-hybridized carbons (Fsp3) is 0.0556. The molecule has 0 spiro atoms. The lowest BCUT2D eigenvalue weighted by Gasteiger charge is -2.05. The van der Waals surface area contributed by atoms with E-state index in [0.717, 1.165) is 22.9 Å². The zero-order valence-electron chi connectivity index (χ0n) is 14.2. The molecule has 3 aromatic rings. The number of hydrogen-bond donors (Lipinski definition) is 1. The second kappa shape index (κ2) is 8.15. The van der Waals surface area contributed by atoms with Gasteiger partial charge in [-0.1, -0.05) is 36.0 Å². The van der Waals surface area contributed by atoms with Crippen LogP contribution in [0.3, 0.4) is 0 Å². The molecule has 0 aliphatic heterocycles. The van der Waals surface area contributed by atoms with Crippen LogP contribution in [0, 0.1) is 11.3 Å². The molecule has 0 atom stereocenters. The molecule has 0 fully saturated rings. The van der Waals surface area contributed by atoms with Crippen molar-refractivity contribution in [1.82, 2.24) is 15.4 Å². The Morgan fingerprint density at radius 2 is 1.59 bits per heavy atom. The standard InChI is InChI=1S/C18H9F3N4O3S/c19-18(20,21)17(27)28-16(26)14-15(24-25-23-14)29-13-7-5-12(6-8-13)11-3-1-10(9-22)2-4-11/h1-8H,(H,23,24,25). The van der Waals surface area contributed by atoms with E-state index in [2.05, 4.69) is 20.1 Å². The first-order chi connectivity index (χ1) is 13.8. The summed E-state index contributed by atoms with van der Waals surface area (Å²) in [6, 6.07) is 16.0. The molecule has 2 aromatic carbocycles. The first kappa shape index (κ1) is 20.1. The van der Waals surface area contributed by atoms with Crippen LogP contribution in [-0.4, -0.2) is 33.5 Å². The summed E-state index contributed by atoms with van der Waals surface area (Å²) in [6.07, 6.45) is -5.30. The van der Waals surface area contributed by atoms with Crippen molar-refractivity contribution in [3.05, 3.63) is 59.8 Å². The Morgan fingerprint density at radius 1 is 1.00 bits per heavy atom. The van der Waals surface area contributed by atoms with E-state index in [1.807, 2.05) is 6.07 Å². The van der Waals surface area contributed by atoms with Gasteiger partial charge >= 0.3 is 18.1 Å². The molecule has 146 valence electrons. The Morgan fingerprint density at radius 3 is 2.14 bits per heavy atom. The Hall–Kier alpha value is -3.65. The second-order valence-corrected chi connectivity index (χ2v) is 6.53. The third kappa shape index (κ3) is 4.80. The molecule has 3 rings (SSSR count). The number of nitrogens with zero attached hydrogens (tertiary/aromatic N) is 3. The number of halogens is 3. The fourth-order valence-electron chi connectivity index (χ4n) is 2.18. The maximum absolute atomic E-state index is 12.2. The molecule has 0 amide bonds. The summed E-state index contributed by atoms with van der Waals surface area (Å²) in [7, 11) is 0. The predicted molar refractivity (Wildman–Crippen MR) is 93.6 cm³/mol. The minimum Gasteiger partial charge on any atom is -0.381 e. The van der Waals surface area contributed by atoms with Crippen molar-refractivity contribution in [2.45, 2.75) is 16.1 Å². The first-order valence-electron chi connectivity index (χ1n) is 7.80. The van der Waals surface area contributed by atoms with E-state index in [4.69, 9.17) is 5.26 Å². The van der Waals surface area contributed by atoms with Crippen molar-refractivity contribution in [2.24, 2.45) is 0 Å². The van der Waals surface area contributed by atoms with Crippen LogP contribution >= 0.6 is 11.8 Å². The van der Waals surface area contributed by atoms with Gasteiger partial charge in [0, 0.05) is 4.90 Å². The summed E-state index contributed by atoms with van der Waals surface area (Å²) >= 11 is 0.952. The van der Waals surface area contributed by atoms with Crippen LogP contribution in [0.15, 0.2) is 58.5 Å². The zero-order chi connectivity index (χ0) is 21.0. The molecule has 0 aliphatic carbocycles. The van der Waals surface area contributed by atoms with Crippen LogP contribution in [0.2, 0.25) is 0 Å². The third-order valence-corrected chi connectivity index (χ3v) is 4.53. The van der Waals surface area contributed by atoms with Crippen molar-refractivity contribution in [2.75, 3.05) is 0 Å². The van der Waals surface area contributed by atoms with Crippen molar-refractivity contribution >= 4 is 23.7 Å². The van der Waals surface area contributed by atoms with Gasteiger partial charge in [0.15, 0.2) is 5.03 Å². The van der Waals surface area contributed by atoms with Crippen molar-refractivity contribution < 1.29 is 27.5 Å². The lowest BCUT2D eigenvalue weighted by molar-refractivity contribution is -0.193. The molecule has 29 heavy (non-hydrogen) atoms. The molecule has 7 nitrogen and oxygen atoms in total. The number of carbonyl (C=O) groups is 2. The van der Waals surface area contributed by atoms with E-state index in [-0.39, 0.29) is 5.03 Å². The molecule has 1 N–H and O–H groups in total. The Balaban J connectivity index is 1.73. The highest BCUT2D eigenvalue weighted by Crippen LogP contribution is 2.30. The lowest BCUT2D eigenvalue weighted by Crippen LogP contribution is -2.28. The highest BCUT2D eigenvalue weighted by Gasteiger charge is 2.43. The van der Waals surface area contributed by atoms with Gasteiger partial charge in [0.25, 0.3) is 0 Å². The number of carbonyl (C=O) groups excluding carboxylic acids is 2. The van der Waals surface area contributed by atoms with Crippen LogP contribution in [-0.2, 0) is 9.53 Å². The number of hydrogen-bond acceptors (Lipinski definition) is 7. The first-order valence-corrected chi connectivity index (χ1v) is 8.62. The van der Waals surface area contributed by atoms with Crippen molar-refractivity contribution in [1.29, 1.82) is 5.26 Å². The van der Waals surface area contributed by atoms with Gasteiger partial charge in [-0.2, -0.15) is 23.6 Å². The molecule has 0 saturated carbocycles. The quantitative estimate of drug-likeness (QED) is 0.508. The van der Waals surface area contributed by atoms with Gasteiger partial charge in [-0.3, -0.25) is 0 Å². The number of aromatic nitrogens is 3. The van der Waals surface area contributed by atoms with Gasteiger partial charge in [0.05, 0.1) is 11.6 Å². The summed E-state index contributed by atoms with van der Waals surface area (Å²) in [5, 5.41) is 18.1. The van der Waals surface area contributed by atoms with E-state index in [1.54, 1.807) is 48.5 Å². The number of nitrogens with one attached hydrogen (secondary N) is 1. The summed E-state index contributed by atoms with van der Waals surface area (Å²) in [5.41, 5.74) is 1.76. The van der Waals surface area contributed by atoms with E-state index < -0.39 is 23.8 Å². The number of nitriles is 1. The molecular formula is C18H9F3N4O3S. The van der Waals surface area contributed by atoms with Crippen molar-refractivity contribution in [3.8, 4) is 17.2 Å². The number of ether oxygens (including phenoxy) is 1. The van der Waals surface area contributed by atoms with Gasteiger partial charge in [-0.15, -0.1) is 10.2 Å². The summed E-state index contributed by atoms with van der Waals surface area (Å²) in [6.45, 7) is 0. The number of aromatic amines is 1. The van der Waals surface area contributed by atoms with Crippen LogP contribution in [0.4, 0.5) is 13.2 Å². The normalized spacial score (nSPS) is 11.0. The van der Waals surface area contributed by atoms with Gasteiger partial charge in [0.2, 0.25) is 5.69 Å². The highest BCUT2D eigenvalue weighted by atomic mass is 32.2. The van der Waals surface area contributed by atoms with Gasteiger partial charge in [-0.05, 0) is 35.4 Å². The van der Waals surface area contributed by atoms with Gasteiger partial charge in [0.1, 0.15) is 0 Å². The topological polar surface area (TPSA) is 109 Å². The van der Waals surface area contributed by atoms with Crippen LogP contribution in [0.5, 0.6) is 0 Å². The van der Waals surface area contributed by atoms with Crippen LogP contribution < -0.4 is 0 Å². The Bertz CT molecular complexity index is 1090. The monoisotopic (exact) mass is 418 g/mol. The molecule has 11 heteroatoms. The molecule has 0 bridgehead atoms. The summed E-state index contributed by atoms with van der Waals surface area (Å²) < 4.78 is 40.5. The maximum Gasteiger partial charge on any atom is 0.491 e. The predicted octanol–water partition coefficient (Wildman–Crippen LogP) is 3.74. The fourth-order valence-corrected chi connectivity index (χ4v) is 2.99. The second-order valence-electron chi connectivity index (χ2n) is 5.47. The Labute approximate surface area is 165 Å². The van der Waals surface area contributed by atoms with Crippen LogP contribution in [0.25, 0.3) is 11.1 Å². The average molecular weight is 418 g/mol. The number of alkyl halides is 3. The van der Waals surface area contributed by atoms with Crippen LogP contribution in [0.1, 0.15) is 16.1 Å². The van der Waals surface area contributed by atoms with E-state index in [0.29, 0.717) is 10.5 Å². The largest absolute Gasteiger partial charge is 0.491 e. The molecule has 1 aromatic heterocycles. The number of H-pyrrole nitrogens is 1. The zero-order valence-corrected chi connectivity index (χ0v) is 15.0. The molecular weight excluding hydrogens is 409 g/mol. The lowest BCUT2D eigenvalue weighted by atomic mass is 10.0. The number of esters is 2.